The van der Waals surface area contributed by atoms with Gasteiger partial charge in [-0.25, -0.2) is 16.8 Å². The van der Waals surface area contributed by atoms with Crippen molar-refractivity contribution >= 4 is 32.6 Å². The van der Waals surface area contributed by atoms with E-state index >= 15 is 0 Å². The number of fused-ring (bicyclic) bond motifs is 1. The Balaban J connectivity index is 0.000000223. The molecule has 2 fully saturated rings. The predicted molar refractivity (Wildman–Crippen MR) is 139 cm³/mol. The quantitative estimate of drug-likeness (QED) is 0.342. The maximum absolute atomic E-state index is 11.5. The molecule has 0 aliphatic carbocycles. The van der Waals surface area contributed by atoms with Crippen molar-refractivity contribution in [2.75, 3.05) is 6.54 Å². The molecule has 16 heteroatoms. The summed E-state index contributed by atoms with van der Waals surface area (Å²) in [5, 5.41) is 0. The molecule has 2 aliphatic rings. The molecule has 3 aromatic rings. The van der Waals surface area contributed by atoms with E-state index in [1.54, 1.807) is 0 Å². The summed E-state index contributed by atoms with van der Waals surface area (Å²) in [6, 6.07) is 32.5. The first-order valence-electron chi connectivity index (χ1n) is 12.1. The molecular weight excluding hydrogens is 597 g/mol. The van der Waals surface area contributed by atoms with Gasteiger partial charge in [-0.15, -0.1) is 0 Å². The molecule has 2 heterocycles. The molecule has 0 aromatic heterocycles. The lowest BCUT2D eigenvalue weighted by Gasteiger charge is -2.36. The van der Waals surface area contributed by atoms with Crippen LogP contribution in [0.25, 0.3) is 0 Å². The van der Waals surface area contributed by atoms with Crippen molar-refractivity contribution in [2.45, 2.75) is 35.5 Å². The topological polar surface area (TPSA) is 92.8 Å². The van der Waals surface area contributed by atoms with Gasteiger partial charge in [0.05, 0.1) is 0 Å². The lowest BCUT2D eigenvalue weighted by atomic mass is 9.72. The van der Waals surface area contributed by atoms with E-state index in [0.29, 0.717) is 6.04 Å². The summed E-state index contributed by atoms with van der Waals surface area (Å²) in [5.41, 5.74) is -8.97. The third-order valence-corrected chi connectivity index (χ3v) is 9.66. The van der Waals surface area contributed by atoms with Gasteiger partial charge in [-0.2, -0.15) is 26.3 Å². The summed E-state index contributed by atoms with van der Waals surface area (Å²) in [5.74, 6) is 0. The molecule has 0 radical (unpaired) electrons. The van der Waals surface area contributed by atoms with Gasteiger partial charge in [0, 0.05) is 6.04 Å². The van der Waals surface area contributed by atoms with Crippen molar-refractivity contribution in [1.82, 2.24) is 8.94 Å². The summed E-state index contributed by atoms with van der Waals surface area (Å²) >= 11 is 0. The Kier molecular flexibility index (Phi) is 8.63. The Morgan fingerprint density at radius 2 is 1.15 bits per heavy atom. The molecular formula is C25H23BF6N2O5S2. The lowest BCUT2D eigenvalue weighted by Crippen LogP contribution is -2.45. The van der Waals surface area contributed by atoms with Crippen LogP contribution in [-0.4, -0.2) is 52.3 Å². The second-order valence-electron chi connectivity index (χ2n) is 9.23. The zero-order chi connectivity index (χ0) is 30.1. The number of benzene rings is 3. The number of nitrogens with zero attached hydrogens (tertiary/aromatic N) is 1. The summed E-state index contributed by atoms with van der Waals surface area (Å²) in [4.78, 5) is 2.56. The van der Waals surface area contributed by atoms with Crippen LogP contribution in [0.15, 0.2) is 91.0 Å². The minimum absolute atomic E-state index is 0.00381. The van der Waals surface area contributed by atoms with Gasteiger partial charge in [0.25, 0.3) is 0 Å². The van der Waals surface area contributed by atoms with Gasteiger partial charge in [0.15, 0.2) is 0 Å². The molecule has 2 saturated heterocycles. The van der Waals surface area contributed by atoms with E-state index in [4.69, 9.17) is 4.65 Å². The monoisotopic (exact) mass is 620 g/mol. The SMILES string of the molecule is O=S(=O)(NS(=O)(=O)C(F)(F)F)C(F)(F)F.c1ccc(B2OC(c3ccccc3)(c3ccccc3)[C@@H]3CCCN23)cc1. The summed E-state index contributed by atoms with van der Waals surface area (Å²) in [7, 11) is -13.2. The molecule has 0 amide bonds. The molecule has 0 bridgehead atoms. The molecule has 3 aromatic carbocycles. The van der Waals surface area contributed by atoms with Crippen LogP contribution in [0.3, 0.4) is 0 Å². The molecule has 2 aliphatic heterocycles. The van der Waals surface area contributed by atoms with Gasteiger partial charge in [-0.3, -0.25) is 0 Å². The van der Waals surface area contributed by atoms with E-state index in [0.717, 1.165) is 13.0 Å². The maximum atomic E-state index is 11.5. The Morgan fingerprint density at radius 1 is 0.732 bits per heavy atom. The van der Waals surface area contributed by atoms with Crippen LogP contribution in [0, 0.1) is 0 Å². The second-order valence-corrected chi connectivity index (χ2v) is 12.8. The fourth-order valence-corrected chi connectivity index (χ4v) is 6.92. The van der Waals surface area contributed by atoms with Crippen LogP contribution < -0.4 is 9.59 Å². The second kappa shape index (κ2) is 11.4. The summed E-state index contributed by atoms with van der Waals surface area (Å²) < 4.78 is 115. The van der Waals surface area contributed by atoms with Crippen LogP contribution >= 0.6 is 0 Å². The summed E-state index contributed by atoms with van der Waals surface area (Å²) in [6.07, 6.45) is 2.38. The lowest BCUT2D eigenvalue weighted by molar-refractivity contribution is -0.0476. The highest BCUT2D eigenvalue weighted by atomic mass is 32.3. The van der Waals surface area contributed by atoms with E-state index in [-0.39, 0.29) is 7.05 Å². The predicted octanol–water partition coefficient (Wildman–Crippen LogP) is 4.10. The number of hydrogen-bond acceptors (Lipinski definition) is 6. The van der Waals surface area contributed by atoms with E-state index in [2.05, 4.69) is 95.8 Å². The van der Waals surface area contributed by atoms with Gasteiger partial charge in [0.2, 0.25) is 0 Å². The molecule has 0 saturated carbocycles. The van der Waals surface area contributed by atoms with Gasteiger partial charge in [0.1, 0.15) is 5.60 Å². The largest absolute Gasteiger partial charge is 0.512 e. The van der Waals surface area contributed by atoms with E-state index < -0.39 is 40.8 Å². The first kappa shape index (κ1) is 31.0. The highest BCUT2D eigenvalue weighted by Crippen LogP contribution is 2.48. The first-order chi connectivity index (χ1) is 19.1. The third-order valence-electron chi connectivity index (χ3n) is 6.68. The fourth-order valence-electron chi connectivity index (χ4n) is 5.00. The smallest absolute Gasteiger partial charge is 0.402 e. The standard InChI is InChI=1S/C23H22BNO.C2HF6NO4S2/c1-4-11-19(12-5-1)23(20-13-6-2-7-14-20)22-17-10-18-25(22)24(26-23)21-15-8-3-9-16-21;3-1(4,5)14(10,11)9-15(12,13)2(6,7)8/h1-9,11-16,22H,10,17-18H2;9H/t22-;/m0./s1. The number of hydrogen-bond donors (Lipinski definition) is 1. The molecule has 220 valence electrons. The van der Waals surface area contributed by atoms with Crippen molar-refractivity contribution in [3.63, 3.8) is 0 Å². The number of sulfonamides is 2. The number of rotatable bonds is 5. The van der Waals surface area contributed by atoms with Gasteiger partial charge in [-0.05, 0) is 36.0 Å². The number of alkyl halides is 6. The van der Waals surface area contributed by atoms with Gasteiger partial charge < -0.3 is 9.47 Å². The van der Waals surface area contributed by atoms with Gasteiger partial charge in [-0.1, -0.05) is 95.1 Å². The Morgan fingerprint density at radius 3 is 1.56 bits per heavy atom. The van der Waals surface area contributed by atoms with E-state index in [1.165, 1.54) is 23.0 Å². The Hall–Kier alpha value is -2.92. The van der Waals surface area contributed by atoms with Crippen molar-refractivity contribution in [3.8, 4) is 0 Å². The van der Waals surface area contributed by atoms with Crippen LogP contribution in [0.1, 0.15) is 24.0 Å². The number of halogens is 6. The average Bonchev–Trinajstić information content (AvgIpc) is 3.51. The first-order valence-corrected chi connectivity index (χ1v) is 15.1. The molecule has 1 atom stereocenters. The van der Waals surface area contributed by atoms with E-state index in [1.807, 2.05) is 0 Å². The molecule has 1 N–H and O–H groups in total. The van der Waals surface area contributed by atoms with Gasteiger partial charge >= 0.3 is 38.1 Å². The summed E-state index contributed by atoms with van der Waals surface area (Å²) in [6.45, 7) is 1.09. The molecule has 41 heavy (non-hydrogen) atoms. The molecule has 0 unspecified atom stereocenters. The highest BCUT2D eigenvalue weighted by molar-refractivity contribution is 8.05. The maximum Gasteiger partial charge on any atom is 0.512 e. The van der Waals surface area contributed by atoms with Crippen molar-refractivity contribution in [1.29, 1.82) is 0 Å². The normalized spacial score (nSPS) is 19.4. The van der Waals surface area contributed by atoms with Crippen molar-refractivity contribution in [3.05, 3.63) is 102 Å². The Bertz CT molecular complexity index is 1460. The van der Waals surface area contributed by atoms with Crippen LogP contribution in [0.5, 0.6) is 0 Å². The van der Waals surface area contributed by atoms with Crippen molar-refractivity contribution < 1.29 is 47.8 Å². The van der Waals surface area contributed by atoms with Crippen LogP contribution in [0.4, 0.5) is 26.3 Å². The minimum atomic E-state index is -6.60. The number of nitrogens with one attached hydrogen (secondary N) is 1. The fraction of sp³-hybridized carbons (Fsp3) is 0.280. The third kappa shape index (κ3) is 6.16. The van der Waals surface area contributed by atoms with Crippen LogP contribution in [0.2, 0.25) is 0 Å². The van der Waals surface area contributed by atoms with Crippen molar-refractivity contribution in [2.24, 2.45) is 0 Å². The minimum Gasteiger partial charge on any atom is -0.402 e. The van der Waals surface area contributed by atoms with E-state index in [9.17, 15) is 43.2 Å². The zero-order valence-corrected chi connectivity index (χ0v) is 22.6. The van der Waals surface area contributed by atoms with Crippen LogP contribution in [-0.2, 0) is 30.3 Å². The molecule has 0 spiro atoms. The Labute approximate surface area is 233 Å². The zero-order valence-electron chi connectivity index (χ0n) is 21.0. The molecule has 5 rings (SSSR count). The average molecular weight is 620 g/mol. The molecule has 7 nitrogen and oxygen atoms in total. The highest BCUT2D eigenvalue weighted by Gasteiger charge is 2.59.